The molecule has 0 saturated carbocycles. The van der Waals surface area contributed by atoms with E-state index in [1.807, 2.05) is 44.3 Å². The third-order valence-electron chi connectivity index (χ3n) is 6.21. The van der Waals surface area contributed by atoms with E-state index in [1.165, 1.54) is 11.1 Å². The summed E-state index contributed by atoms with van der Waals surface area (Å²) in [5, 5.41) is 10.5. The highest BCUT2D eigenvalue weighted by atomic mass is 16.5. The van der Waals surface area contributed by atoms with Gasteiger partial charge in [-0.3, -0.25) is 14.8 Å². The molecule has 6 heteroatoms. The Morgan fingerprint density at radius 2 is 1.94 bits per heavy atom. The second-order valence-electron chi connectivity index (χ2n) is 8.81. The molecule has 0 atom stereocenters. The van der Waals surface area contributed by atoms with Crippen molar-refractivity contribution < 1.29 is 9.53 Å². The van der Waals surface area contributed by atoms with Crippen molar-refractivity contribution in [3.05, 3.63) is 65.9 Å². The van der Waals surface area contributed by atoms with Crippen molar-refractivity contribution in [2.24, 2.45) is 5.92 Å². The zero-order valence-corrected chi connectivity index (χ0v) is 19.1. The van der Waals surface area contributed by atoms with E-state index in [-0.39, 0.29) is 11.8 Å². The van der Waals surface area contributed by atoms with Crippen molar-refractivity contribution in [1.82, 2.24) is 15.1 Å². The first kappa shape index (κ1) is 22.1. The molecule has 32 heavy (non-hydrogen) atoms. The largest absolute Gasteiger partial charge is 0.497 e. The van der Waals surface area contributed by atoms with Gasteiger partial charge in [0.25, 0.3) is 0 Å². The number of piperidine rings is 1. The predicted molar refractivity (Wildman–Crippen MR) is 128 cm³/mol. The highest BCUT2D eigenvalue weighted by Crippen LogP contribution is 2.31. The number of likely N-dealkylation sites (tertiary alicyclic amines) is 1. The van der Waals surface area contributed by atoms with Crippen LogP contribution >= 0.6 is 0 Å². The SMILES string of the molecule is COc1ccc(-c2n[nH]cc2CN2CCC(c3cccc(NC(=O)C(C)C)c3)CC2)cc1. The van der Waals surface area contributed by atoms with Crippen LogP contribution in [0.1, 0.15) is 43.7 Å². The average molecular weight is 433 g/mol. The molecule has 1 fully saturated rings. The van der Waals surface area contributed by atoms with Crippen LogP contribution in [0.4, 0.5) is 5.69 Å². The average Bonchev–Trinajstić information content (AvgIpc) is 3.28. The van der Waals surface area contributed by atoms with Crippen LogP contribution < -0.4 is 10.1 Å². The van der Waals surface area contributed by atoms with Gasteiger partial charge < -0.3 is 10.1 Å². The molecular weight excluding hydrogens is 400 g/mol. The number of hydrogen-bond donors (Lipinski definition) is 2. The van der Waals surface area contributed by atoms with Crippen LogP contribution in [-0.2, 0) is 11.3 Å². The number of aromatic nitrogens is 2. The van der Waals surface area contributed by atoms with Gasteiger partial charge in [0.15, 0.2) is 0 Å². The molecule has 0 spiro atoms. The molecule has 0 bridgehead atoms. The molecule has 1 aromatic heterocycles. The number of methoxy groups -OCH3 is 1. The number of rotatable bonds is 7. The second-order valence-corrected chi connectivity index (χ2v) is 8.81. The minimum atomic E-state index is -0.0207. The van der Waals surface area contributed by atoms with Gasteiger partial charge in [0, 0.05) is 35.5 Å². The van der Waals surface area contributed by atoms with Crippen molar-refractivity contribution in [2.75, 3.05) is 25.5 Å². The van der Waals surface area contributed by atoms with Gasteiger partial charge in [-0.25, -0.2) is 0 Å². The van der Waals surface area contributed by atoms with E-state index in [0.717, 1.165) is 55.2 Å². The Bertz CT molecular complexity index is 1030. The van der Waals surface area contributed by atoms with Crippen LogP contribution in [0.25, 0.3) is 11.3 Å². The normalized spacial score (nSPS) is 15.1. The van der Waals surface area contributed by atoms with Gasteiger partial charge in [0.1, 0.15) is 5.75 Å². The molecule has 2 N–H and O–H groups in total. The lowest BCUT2D eigenvalue weighted by atomic mass is 9.89. The maximum absolute atomic E-state index is 12.0. The molecule has 1 aliphatic rings. The highest BCUT2D eigenvalue weighted by molar-refractivity contribution is 5.92. The molecule has 3 aromatic rings. The molecule has 0 radical (unpaired) electrons. The lowest BCUT2D eigenvalue weighted by Crippen LogP contribution is -2.32. The third-order valence-corrected chi connectivity index (χ3v) is 6.21. The first-order valence-corrected chi connectivity index (χ1v) is 11.3. The fraction of sp³-hybridized carbons (Fsp3) is 0.385. The summed E-state index contributed by atoms with van der Waals surface area (Å²) < 4.78 is 5.26. The zero-order chi connectivity index (χ0) is 22.5. The summed E-state index contributed by atoms with van der Waals surface area (Å²) in [5.74, 6) is 1.41. The standard InChI is InChI=1S/C26H32N4O2/c1-18(2)26(31)28-23-6-4-5-21(15-23)19-11-13-30(14-12-19)17-22-16-27-29-25(22)20-7-9-24(32-3)10-8-20/h4-10,15-16,18-19H,11-14,17H2,1-3H3,(H,27,29)(H,28,31). The number of nitrogens with zero attached hydrogens (tertiary/aromatic N) is 2. The number of ether oxygens (including phenoxy) is 1. The van der Waals surface area contributed by atoms with E-state index in [2.05, 4.69) is 44.7 Å². The number of carbonyl (C=O) groups excluding carboxylic acids is 1. The summed E-state index contributed by atoms with van der Waals surface area (Å²) >= 11 is 0. The van der Waals surface area contributed by atoms with Crippen LogP contribution in [0.2, 0.25) is 0 Å². The number of benzene rings is 2. The minimum absolute atomic E-state index is 0.0207. The molecule has 168 valence electrons. The molecule has 6 nitrogen and oxygen atoms in total. The highest BCUT2D eigenvalue weighted by Gasteiger charge is 2.22. The molecule has 0 unspecified atom stereocenters. The predicted octanol–water partition coefficient (Wildman–Crippen LogP) is 5.06. The quantitative estimate of drug-likeness (QED) is 0.548. The monoisotopic (exact) mass is 432 g/mol. The van der Waals surface area contributed by atoms with E-state index >= 15 is 0 Å². The van der Waals surface area contributed by atoms with Crippen molar-refractivity contribution in [3.63, 3.8) is 0 Å². The van der Waals surface area contributed by atoms with Gasteiger partial charge >= 0.3 is 0 Å². The maximum Gasteiger partial charge on any atom is 0.226 e. The Kier molecular flexibility index (Phi) is 6.90. The van der Waals surface area contributed by atoms with Gasteiger partial charge in [0.05, 0.1) is 12.8 Å². The van der Waals surface area contributed by atoms with Gasteiger partial charge in [-0.05, 0) is 73.8 Å². The Morgan fingerprint density at radius 3 is 2.62 bits per heavy atom. The zero-order valence-electron chi connectivity index (χ0n) is 19.1. The number of amides is 1. The summed E-state index contributed by atoms with van der Waals surface area (Å²) in [5.41, 5.74) is 5.52. The van der Waals surface area contributed by atoms with Crippen LogP contribution in [0.5, 0.6) is 5.75 Å². The summed E-state index contributed by atoms with van der Waals surface area (Å²) in [6.45, 7) is 6.79. The van der Waals surface area contributed by atoms with Crippen LogP contribution in [-0.4, -0.2) is 41.2 Å². The smallest absolute Gasteiger partial charge is 0.226 e. The Morgan fingerprint density at radius 1 is 1.19 bits per heavy atom. The fourth-order valence-electron chi connectivity index (χ4n) is 4.26. The molecule has 0 aliphatic carbocycles. The first-order valence-electron chi connectivity index (χ1n) is 11.3. The van der Waals surface area contributed by atoms with Gasteiger partial charge in [-0.2, -0.15) is 5.10 Å². The van der Waals surface area contributed by atoms with Crippen molar-refractivity contribution in [2.45, 2.75) is 39.2 Å². The second kappa shape index (κ2) is 10.0. The van der Waals surface area contributed by atoms with E-state index in [4.69, 9.17) is 4.74 Å². The number of anilines is 1. The van der Waals surface area contributed by atoms with Gasteiger partial charge in [-0.1, -0.05) is 26.0 Å². The Balaban J connectivity index is 1.36. The number of nitrogens with one attached hydrogen (secondary N) is 2. The molecule has 1 amide bonds. The summed E-state index contributed by atoms with van der Waals surface area (Å²) in [7, 11) is 1.68. The van der Waals surface area contributed by atoms with E-state index < -0.39 is 0 Å². The number of aromatic amines is 1. The number of hydrogen-bond acceptors (Lipinski definition) is 4. The van der Waals surface area contributed by atoms with E-state index in [0.29, 0.717) is 5.92 Å². The van der Waals surface area contributed by atoms with Crippen LogP contribution in [0.15, 0.2) is 54.7 Å². The lowest BCUT2D eigenvalue weighted by molar-refractivity contribution is -0.118. The van der Waals surface area contributed by atoms with Gasteiger partial charge in [-0.15, -0.1) is 0 Å². The van der Waals surface area contributed by atoms with E-state index in [1.54, 1.807) is 7.11 Å². The number of H-pyrrole nitrogens is 1. The summed E-state index contributed by atoms with van der Waals surface area (Å²) in [6, 6.07) is 16.4. The lowest BCUT2D eigenvalue weighted by Gasteiger charge is -2.32. The molecule has 2 heterocycles. The first-order chi connectivity index (χ1) is 15.5. The topological polar surface area (TPSA) is 70.2 Å². The molecule has 2 aromatic carbocycles. The molecular formula is C26H32N4O2. The van der Waals surface area contributed by atoms with Crippen LogP contribution in [0.3, 0.4) is 0 Å². The minimum Gasteiger partial charge on any atom is -0.497 e. The van der Waals surface area contributed by atoms with Gasteiger partial charge in [0.2, 0.25) is 5.91 Å². The third kappa shape index (κ3) is 5.19. The number of carbonyl (C=O) groups is 1. The summed E-state index contributed by atoms with van der Waals surface area (Å²) in [6.07, 6.45) is 4.22. The fourth-order valence-corrected chi connectivity index (χ4v) is 4.26. The van der Waals surface area contributed by atoms with Crippen molar-refractivity contribution >= 4 is 11.6 Å². The Hall–Kier alpha value is -3.12. The molecule has 4 rings (SSSR count). The van der Waals surface area contributed by atoms with Crippen molar-refractivity contribution in [1.29, 1.82) is 0 Å². The van der Waals surface area contributed by atoms with Crippen LogP contribution in [0, 0.1) is 5.92 Å². The molecule has 1 saturated heterocycles. The molecule has 1 aliphatic heterocycles. The van der Waals surface area contributed by atoms with Crippen molar-refractivity contribution in [3.8, 4) is 17.0 Å². The maximum atomic E-state index is 12.0. The Labute approximate surface area is 190 Å². The summed E-state index contributed by atoms with van der Waals surface area (Å²) in [4.78, 5) is 14.5. The van der Waals surface area contributed by atoms with E-state index in [9.17, 15) is 4.79 Å².